The van der Waals surface area contributed by atoms with Gasteiger partial charge in [-0.1, -0.05) is 11.8 Å². The fraction of sp³-hybridized carbons (Fsp3) is 0.375. The SMILES string of the molecule is COCCn1ncc2c(SCC(=O)c3ccc(CN)s3)nc(C(F)(F)F)nc21. The molecule has 28 heavy (non-hydrogen) atoms. The summed E-state index contributed by atoms with van der Waals surface area (Å²) < 4.78 is 46.0. The Morgan fingerprint density at radius 1 is 1.36 bits per heavy atom. The quantitative estimate of drug-likeness (QED) is 0.333. The lowest BCUT2D eigenvalue weighted by Gasteiger charge is -2.09. The molecule has 0 aromatic carbocycles. The number of fused-ring (bicyclic) bond motifs is 1. The topological polar surface area (TPSA) is 95.9 Å². The van der Waals surface area contributed by atoms with Crippen molar-refractivity contribution in [2.45, 2.75) is 24.3 Å². The first-order valence-corrected chi connectivity index (χ1v) is 9.88. The maximum atomic E-state index is 13.2. The molecule has 0 radical (unpaired) electrons. The zero-order valence-corrected chi connectivity index (χ0v) is 16.3. The van der Waals surface area contributed by atoms with Gasteiger partial charge in [-0.25, -0.2) is 14.6 Å². The molecule has 0 saturated carbocycles. The second-order valence-electron chi connectivity index (χ2n) is 5.63. The molecule has 3 aromatic heterocycles. The largest absolute Gasteiger partial charge is 0.451 e. The Bertz CT molecular complexity index is 986. The molecule has 12 heteroatoms. The Hall–Kier alpha value is -2.02. The van der Waals surface area contributed by atoms with E-state index in [4.69, 9.17) is 10.5 Å². The van der Waals surface area contributed by atoms with Crippen molar-refractivity contribution in [3.8, 4) is 0 Å². The van der Waals surface area contributed by atoms with Gasteiger partial charge in [-0.15, -0.1) is 11.3 Å². The van der Waals surface area contributed by atoms with Crippen LogP contribution >= 0.6 is 23.1 Å². The minimum Gasteiger partial charge on any atom is -0.383 e. The average Bonchev–Trinajstić information content (AvgIpc) is 3.30. The van der Waals surface area contributed by atoms with Crippen LogP contribution < -0.4 is 5.73 Å². The number of rotatable bonds is 8. The predicted molar refractivity (Wildman–Crippen MR) is 99.5 cm³/mol. The normalized spacial score (nSPS) is 12.0. The van der Waals surface area contributed by atoms with Crippen molar-refractivity contribution in [3.05, 3.63) is 33.9 Å². The second kappa shape index (κ2) is 8.55. The van der Waals surface area contributed by atoms with Crippen molar-refractivity contribution in [2.24, 2.45) is 5.73 Å². The number of aromatic nitrogens is 4. The number of ether oxygens (including phenoxy) is 1. The van der Waals surface area contributed by atoms with E-state index in [1.54, 1.807) is 12.1 Å². The van der Waals surface area contributed by atoms with E-state index in [0.29, 0.717) is 16.8 Å². The molecule has 0 aliphatic heterocycles. The summed E-state index contributed by atoms with van der Waals surface area (Å²) in [5, 5.41) is 4.49. The number of Topliss-reactive ketones (excluding diaryl/α,β-unsaturated/α-hetero) is 1. The molecule has 0 atom stereocenters. The third kappa shape index (κ3) is 4.51. The van der Waals surface area contributed by atoms with Crippen LogP contribution in [0.5, 0.6) is 0 Å². The van der Waals surface area contributed by atoms with E-state index >= 15 is 0 Å². The third-order valence-corrected chi connectivity index (χ3v) is 5.84. The number of carbonyl (C=O) groups is 1. The summed E-state index contributed by atoms with van der Waals surface area (Å²) in [6.07, 6.45) is -3.32. The zero-order valence-electron chi connectivity index (χ0n) is 14.7. The number of alkyl halides is 3. The summed E-state index contributed by atoms with van der Waals surface area (Å²) in [7, 11) is 1.48. The molecular weight excluding hydrogens is 415 g/mol. The summed E-state index contributed by atoms with van der Waals surface area (Å²) in [5.74, 6) is -1.53. The van der Waals surface area contributed by atoms with Crippen molar-refractivity contribution in [2.75, 3.05) is 19.5 Å². The lowest BCUT2D eigenvalue weighted by molar-refractivity contribution is -0.145. The Morgan fingerprint density at radius 3 is 2.79 bits per heavy atom. The van der Waals surface area contributed by atoms with Crippen LogP contribution in [-0.4, -0.2) is 45.0 Å². The zero-order chi connectivity index (χ0) is 20.3. The molecule has 3 rings (SSSR count). The first-order chi connectivity index (χ1) is 13.3. The van der Waals surface area contributed by atoms with Crippen LogP contribution in [0.15, 0.2) is 23.4 Å². The highest BCUT2D eigenvalue weighted by Gasteiger charge is 2.36. The summed E-state index contributed by atoms with van der Waals surface area (Å²) in [6.45, 7) is 0.840. The highest BCUT2D eigenvalue weighted by atomic mass is 32.2. The molecule has 0 fully saturated rings. The molecule has 0 bridgehead atoms. The van der Waals surface area contributed by atoms with Crippen molar-refractivity contribution in [1.29, 1.82) is 0 Å². The van der Waals surface area contributed by atoms with Crippen LogP contribution in [0.1, 0.15) is 20.4 Å². The molecule has 0 aliphatic rings. The Morgan fingerprint density at radius 2 is 2.14 bits per heavy atom. The van der Waals surface area contributed by atoms with E-state index in [1.807, 2.05) is 0 Å². The summed E-state index contributed by atoms with van der Waals surface area (Å²) >= 11 is 2.20. The number of carbonyl (C=O) groups excluding carboxylic acids is 1. The molecule has 3 aromatic rings. The number of thioether (sulfide) groups is 1. The first kappa shape index (κ1) is 20.7. The maximum Gasteiger partial charge on any atom is 0.451 e. The molecule has 0 saturated heterocycles. The standard InChI is InChI=1S/C16H16F3N5O2S2/c1-26-5-4-24-13-10(7-21-24)14(23-15(22-13)16(17,18)19)27-8-11(25)12-3-2-9(6-20)28-12/h2-3,7H,4-6,8,20H2,1H3. The Balaban J connectivity index is 1.90. The number of hydrogen-bond acceptors (Lipinski definition) is 8. The fourth-order valence-corrected chi connectivity index (χ4v) is 4.14. The van der Waals surface area contributed by atoms with Crippen LogP contribution in [0.4, 0.5) is 13.2 Å². The van der Waals surface area contributed by atoms with Crippen LogP contribution in [0.25, 0.3) is 11.0 Å². The van der Waals surface area contributed by atoms with E-state index in [0.717, 1.165) is 16.6 Å². The van der Waals surface area contributed by atoms with Gasteiger partial charge in [-0.2, -0.15) is 18.3 Å². The van der Waals surface area contributed by atoms with E-state index < -0.39 is 12.0 Å². The van der Waals surface area contributed by atoms with Crippen molar-refractivity contribution >= 4 is 39.9 Å². The van der Waals surface area contributed by atoms with Crippen LogP contribution in [0, 0.1) is 0 Å². The van der Waals surface area contributed by atoms with Crippen molar-refractivity contribution in [1.82, 2.24) is 19.7 Å². The number of halogens is 3. The van der Waals surface area contributed by atoms with Gasteiger partial charge < -0.3 is 10.5 Å². The van der Waals surface area contributed by atoms with Gasteiger partial charge >= 0.3 is 6.18 Å². The second-order valence-corrected chi connectivity index (χ2v) is 7.76. The molecular formula is C16H16F3N5O2S2. The smallest absolute Gasteiger partial charge is 0.383 e. The molecule has 0 unspecified atom stereocenters. The molecule has 2 N–H and O–H groups in total. The lowest BCUT2D eigenvalue weighted by Crippen LogP contribution is -2.14. The Kier molecular flexibility index (Phi) is 6.33. The minimum atomic E-state index is -4.71. The number of ketones is 1. The van der Waals surface area contributed by atoms with Gasteiger partial charge in [0, 0.05) is 18.5 Å². The number of thiophene rings is 1. The first-order valence-electron chi connectivity index (χ1n) is 8.08. The number of nitrogens with zero attached hydrogens (tertiary/aromatic N) is 4. The highest BCUT2D eigenvalue weighted by molar-refractivity contribution is 8.00. The van der Waals surface area contributed by atoms with E-state index in [9.17, 15) is 18.0 Å². The van der Waals surface area contributed by atoms with Gasteiger partial charge in [0.1, 0.15) is 5.03 Å². The van der Waals surface area contributed by atoms with Gasteiger partial charge in [0.15, 0.2) is 11.4 Å². The lowest BCUT2D eigenvalue weighted by atomic mass is 10.3. The minimum absolute atomic E-state index is 0.0517. The van der Waals surface area contributed by atoms with E-state index in [1.165, 1.54) is 29.3 Å². The molecule has 0 amide bonds. The van der Waals surface area contributed by atoms with Crippen molar-refractivity contribution < 1.29 is 22.7 Å². The molecule has 0 spiro atoms. The average molecular weight is 431 g/mol. The summed E-state index contributed by atoms with van der Waals surface area (Å²) in [5.41, 5.74) is 5.59. The highest BCUT2D eigenvalue weighted by Crippen LogP contribution is 2.32. The fourth-order valence-electron chi connectivity index (χ4n) is 2.35. The maximum absolute atomic E-state index is 13.2. The van der Waals surface area contributed by atoms with Crippen LogP contribution in [0.2, 0.25) is 0 Å². The van der Waals surface area contributed by atoms with Crippen molar-refractivity contribution in [3.63, 3.8) is 0 Å². The van der Waals surface area contributed by atoms with Crippen LogP contribution in [-0.2, 0) is 24.0 Å². The van der Waals surface area contributed by atoms with Gasteiger partial charge in [-0.05, 0) is 12.1 Å². The summed E-state index contributed by atoms with van der Waals surface area (Å²) in [6, 6.07) is 3.42. The number of nitrogens with two attached hydrogens (primary N) is 1. The third-order valence-electron chi connectivity index (χ3n) is 3.70. The van der Waals surface area contributed by atoms with Gasteiger partial charge in [-0.3, -0.25) is 4.79 Å². The summed E-state index contributed by atoms with van der Waals surface area (Å²) in [4.78, 5) is 21.0. The van der Waals surface area contributed by atoms with E-state index in [-0.39, 0.29) is 35.4 Å². The van der Waals surface area contributed by atoms with Gasteiger partial charge in [0.05, 0.1) is 35.4 Å². The Labute approximate surface area is 166 Å². The molecule has 7 nitrogen and oxygen atoms in total. The number of methoxy groups -OCH3 is 1. The molecule has 150 valence electrons. The predicted octanol–water partition coefficient (Wildman–Crippen LogP) is 2.99. The van der Waals surface area contributed by atoms with Crippen LogP contribution in [0.3, 0.4) is 0 Å². The number of hydrogen-bond donors (Lipinski definition) is 1. The monoisotopic (exact) mass is 431 g/mol. The molecule has 3 heterocycles. The van der Waals surface area contributed by atoms with E-state index in [2.05, 4.69) is 15.1 Å². The molecule has 0 aliphatic carbocycles. The van der Waals surface area contributed by atoms with Gasteiger partial charge in [0.25, 0.3) is 0 Å². The van der Waals surface area contributed by atoms with Gasteiger partial charge in [0.2, 0.25) is 5.82 Å².